The molecule has 0 aliphatic heterocycles. The van der Waals surface area contributed by atoms with Crippen LogP contribution in [0.15, 0.2) is 23.1 Å². The molecule has 0 saturated carbocycles. The van der Waals surface area contributed by atoms with Crippen LogP contribution in [0.5, 0.6) is 0 Å². The first-order valence-electron chi connectivity index (χ1n) is 5.96. The highest BCUT2D eigenvalue weighted by atomic mass is 32.2. The van der Waals surface area contributed by atoms with Crippen LogP contribution < -0.4 is 4.72 Å². The second kappa shape index (κ2) is 7.14. The van der Waals surface area contributed by atoms with Gasteiger partial charge in [-0.2, -0.15) is 0 Å². The van der Waals surface area contributed by atoms with Gasteiger partial charge in [0, 0.05) is 6.54 Å². The van der Waals surface area contributed by atoms with Crippen molar-refractivity contribution in [3.05, 3.63) is 29.6 Å². The van der Waals surface area contributed by atoms with Gasteiger partial charge in [-0.05, 0) is 25.1 Å². The predicted molar refractivity (Wildman–Crippen MR) is 69.8 cm³/mol. The molecule has 0 amide bonds. The molecule has 0 aliphatic rings. The highest BCUT2D eigenvalue weighted by molar-refractivity contribution is 7.89. The SMILES string of the molecule is CCOC(=O)CCNS(=O)(=O)c1ccc(C(=O)O)cc1F. The van der Waals surface area contributed by atoms with Crippen molar-refractivity contribution in [3.8, 4) is 0 Å². The van der Waals surface area contributed by atoms with Crippen LogP contribution in [0.25, 0.3) is 0 Å². The van der Waals surface area contributed by atoms with Crippen LogP contribution in [-0.4, -0.2) is 38.6 Å². The molecule has 2 N–H and O–H groups in total. The van der Waals surface area contributed by atoms with Crippen molar-refractivity contribution in [2.75, 3.05) is 13.2 Å². The second-order valence-electron chi connectivity index (χ2n) is 3.90. The average Bonchev–Trinajstić information content (AvgIpc) is 2.38. The van der Waals surface area contributed by atoms with E-state index < -0.39 is 32.7 Å². The van der Waals surface area contributed by atoms with Crippen LogP contribution in [0.3, 0.4) is 0 Å². The van der Waals surface area contributed by atoms with Gasteiger partial charge in [0.2, 0.25) is 10.0 Å². The molecule has 0 heterocycles. The third kappa shape index (κ3) is 4.80. The van der Waals surface area contributed by atoms with Crippen LogP contribution in [0, 0.1) is 5.82 Å². The maximum Gasteiger partial charge on any atom is 0.335 e. The average molecular weight is 319 g/mol. The number of nitrogens with one attached hydrogen (secondary N) is 1. The highest BCUT2D eigenvalue weighted by Gasteiger charge is 2.20. The van der Waals surface area contributed by atoms with Gasteiger partial charge >= 0.3 is 11.9 Å². The number of aromatic carboxylic acids is 1. The zero-order chi connectivity index (χ0) is 16.0. The Bertz CT molecular complexity index is 643. The zero-order valence-corrected chi connectivity index (χ0v) is 11.9. The lowest BCUT2D eigenvalue weighted by molar-refractivity contribution is -0.142. The molecule has 0 saturated heterocycles. The lowest BCUT2D eigenvalue weighted by Gasteiger charge is -2.08. The van der Waals surface area contributed by atoms with E-state index in [1.165, 1.54) is 0 Å². The third-order valence-corrected chi connectivity index (χ3v) is 3.89. The lowest BCUT2D eigenvalue weighted by atomic mass is 10.2. The fourth-order valence-electron chi connectivity index (χ4n) is 1.45. The molecular weight excluding hydrogens is 305 g/mol. The molecule has 1 aromatic rings. The summed E-state index contributed by atoms with van der Waals surface area (Å²) in [4.78, 5) is 21.0. The number of carboxylic acid groups (broad SMARTS) is 1. The van der Waals surface area contributed by atoms with Gasteiger partial charge in [0.15, 0.2) is 0 Å². The van der Waals surface area contributed by atoms with Crippen LogP contribution >= 0.6 is 0 Å². The fraction of sp³-hybridized carbons (Fsp3) is 0.333. The Labute approximate surface area is 120 Å². The Hall–Kier alpha value is -2.00. The maximum atomic E-state index is 13.6. The van der Waals surface area contributed by atoms with Crippen LogP contribution in [0.2, 0.25) is 0 Å². The molecule has 0 atom stereocenters. The minimum absolute atomic E-state index is 0.177. The molecule has 1 rings (SSSR count). The van der Waals surface area contributed by atoms with Crippen molar-refractivity contribution in [1.29, 1.82) is 0 Å². The number of hydrogen-bond acceptors (Lipinski definition) is 5. The van der Waals surface area contributed by atoms with Gasteiger partial charge in [-0.25, -0.2) is 22.3 Å². The van der Waals surface area contributed by atoms with Gasteiger partial charge in [0.25, 0.3) is 0 Å². The Morgan fingerprint density at radius 3 is 2.57 bits per heavy atom. The zero-order valence-electron chi connectivity index (χ0n) is 11.1. The second-order valence-corrected chi connectivity index (χ2v) is 5.64. The molecule has 7 nitrogen and oxygen atoms in total. The third-order valence-electron chi connectivity index (χ3n) is 2.39. The quantitative estimate of drug-likeness (QED) is 0.718. The minimum atomic E-state index is -4.17. The fourth-order valence-corrected chi connectivity index (χ4v) is 2.54. The van der Waals surface area contributed by atoms with Crippen LogP contribution in [-0.2, 0) is 19.6 Å². The number of sulfonamides is 1. The van der Waals surface area contributed by atoms with Gasteiger partial charge in [0.05, 0.1) is 18.6 Å². The van der Waals surface area contributed by atoms with Crippen molar-refractivity contribution in [1.82, 2.24) is 4.72 Å². The summed E-state index contributed by atoms with van der Waals surface area (Å²) in [6.07, 6.45) is -0.193. The number of esters is 1. The summed E-state index contributed by atoms with van der Waals surface area (Å²) in [6, 6.07) is 2.44. The van der Waals surface area contributed by atoms with Gasteiger partial charge in [0.1, 0.15) is 10.7 Å². The van der Waals surface area contributed by atoms with Crippen molar-refractivity contribution < 1.29 is 32.2 Å². The van der Waals surface area contributed by atoms with E-state index in [1.807, 2.05) is 4.72 Å². The van der Waals surface area contributed by atoms with E-state index in [0.717, 1.165) is 12.1 Å². The summed E-state index contributed by atoms with van der Waals surface area (Å²) in [7, 11) is -4.17. The van der Waals surface area contributed by atoms with Gasteiger partial charge in [-0.1, -0.05) is 0 Å². The largest absolute Gasteiger partial charge is 0.478 e. The maximum absolute atomic E-state index is 13.6. The van der Waals surface area contributed by atoms with Crippen molar-refractivity contribution in [2.24, 2.45) is 0 Å². The number of carbonyl (C=O) groups is 2. The molecule has 0 aliphatic carbocycles. The molecule has 9 heteroatoms. The standard InChI is InChI=1S/C12H14FNO6S/c1-2-20-11(15)5-6-14-21(18,19)10-4-3-8(12(16)17)7-9(10)13/h3-4,7,14H,2,5-6H2,1H3,(H,16,17). The summed E-state index contributed by atoms with van der Waals surface area (Å²) < 4.78 is 43.9. The van der Waals surface area contributed by atoms with E-state index in [2.05, 4.69) is 4.74 Å². The normalized spacial score (nSPS) is 11.1. The number of carboxylic acids is 1. The van der Waals surface area contributed by atoms with E-state index in [1.54, 1.807) is 6.92 Å². The molecule has 116 valence electrons. The van der Waals surface area contributed by atoms with E-state index >= 15 is 0 Å². The number of carbonyl (C=O) groups excluding carboxylic acids is 1. The molecule has 0 radical (unpaired) electrons. The van der Waals surface area contributed by atoms with E-state index in [9.17, 15) is 22.4 Å². The smallest absolute Gasteiger partial charge is 0.335 e. The van der Waals surface area contributed by atoms with Crippen LogP contribution in [0.1, 0.15) is 23.7 Å². The van der Waals surface area contributed by atoms with Gasteiger partial charge in [-0.3, -0.25) is 4.79 Å². The number of rotatable bonds is 7. The number of ether oxygens (including phenoxy) is 1. The summed E-state index contributed by atoms with van der Waals surface area (Å²) >= 11 is 0. The predicted octanol–water partition coefficient (Wildman–Crippen LogP) is 0.755. The molecule has 0 fully saturated rings. The Kier molecular flexibility index (Phi) is 5.79. The molecule has 1 aromatic carbocycles. The molecular formula is C12H14FNO6S. The van der Waals surface area contributed by atoms with E-state index in [-0.39, 0.29) is 25.1 Å². The first-order chi connectivity index (χ1) is 9.77. The molecule has 0 spiro atoms. The van der Waals surface area contributed by atoms with Crippen LogP contribution in [0.4, 0.5) is 4.39 Å². The van der Waals surface area contributed by atoms with Crippen molar-refractivity contribution in [2.45, 2.75) is 18.2 Å². The minimum Gasteiger partial charge on any atom is -0.478 e. The van der Waals surface area contributed by atoms with Gasteiger partial charge in [-0.15, -0.1) is 0 Å². The lowest BCUT2D eigenvalue weighted by Crippen LogP contribution is -2.27. The highest BCUT2D eigenvalue weighted by Crippen LogP contribution is 2.16. The number of hydrogen-bond donors (Lipinski definition) is 2. The molecule has 21 heavy (non-hydrogen) atoms. The topological polar surface area (TPSA) is 110 Å². The first kappa shape index (κ1) is 17.1. The Morgan fingerprint density at radius 1 is 1.38 bits per heavy atom. The first-order valence-corrected chi connectivity index (χ1v) is 7.44. The van der Waals surface area contributed by atoms with Crippen molar-refractivity contribution >= 4 is 22.0 Å². The summed E-state index contributed by atoms with van der Waals surface area (Å²) in [5.74, 6) is -3.13. The van der Waals surface area contributed by atoms with Gasteiger partial charge < -0.3 is 9.84 Å². The Balaban J connectivity index is 2.79. The Morgan fingerprint density at radius 2 is 2.05 bits per heavy atom. The summed E-state index contributed by atoms with van der Waals surface area (Å²) in [5.41, 5.74) is -0.363. The summed E-state index contributed by atoms with van der Waals surface area (Å²) in [5, 5.41) is 8.67. The molecule has 0 aromatic heterocycles. The molecule has 0 bridgehead atoms. The van der Waals surface area contributed by atoms with E-state index in [4.69, 9.17) is 5.11 Å². The summed E-state index contributed by atoms with van der Waals surface area (Å²) in [6.45, 7) is 1.54. The van der Waals surface area contributed by atoms with Crippen molar-refractivity contribution in [3.63, 3.8) is 0 Å². The number of halogens is 1. The molecule has 0 unspecified atom stereocenters. The monoisotopic (exact) mass is 319 g/mol. The number of benzene rings is 1. The van der Waals surface area contributed by atoms with E-state index in [0.29, 0.717) is 6.07 Å².